The maximum Gasteiger partial charge on any atom is 0.328 e. The second-order valence-corrected chi connectivity index (χ2v) is 5.16. The Bertz CT molecular complexity index is 533. The van der Waals surface area contributed by atoms with Gasteiger partial charge in [0.2, 0.25) is 0 Å². The minimum atomic E-state index is -1.35. The van der Waals surface area contributed by atoms with E-state index in [9.17, 15) is 14.4 Å². The van der Waals surface area contributed by atoms with Gasteiger partial charge in [-0.15, -0.1) is 0 Å². The average molecular weight is 278 g/mol. The van der Waals surface area contributed by atoms with Crippen molar-refractivity contribution in [2.75, 3.05) is 14.1 Å². The fourth-order valence-electron chi connectivity index (χ4n) is 1.43. The smallest absolute Gasteiger partial charge is 0.328 e. The van der Waals surface area contributed by atoms with Crippen LogP contribution < -0.4 is 5.32 Å². The van der Waals surface area contributed by atoms with Gasteiger partial charge in [0.05, 0.1) is 0 Å². The third kappa shape index (κ3) is 3.57. The second kappa shape index (κ2) is 5.73. The van der Waals surface area contributed by atoms with Gasteiger partial charge in [-0.1, -0.05) is 0 Å². The summed E-state index contributed by atoms with van der Waals surface area (Å²) in [7, 11) is 3.27. The van der Waals surface area contributed by atoms with Gasteiger partial charge in [0.25, 0.3) is 11.8 Å². The molecule has 6 heteroatoms. The Hall–Kier alpha value is -2.37. The normalized spacial score (nSPS) is 10.8. The summed E-state index contributed by atoms with van der Waals surface area (Å²) in [6, 6.07) is 6.05. The molecule has 1 aromatic rings. The van der Waals surface area contributed by atoms with Crippen LogP contribution in [-0.4, -0.2) is 47.4 Å². The Balaban J connectivity index is 2.87. The van der Waals surface area contributed by atoms with Gasteiger partial charge in [-0.2, -0.15) is 0 Å². The lowest BCUT2D eigenvalue weighted by Gasteiger charge is -2.21. The summed E-state index contributed by atoms with van der Waals surface area (Å²) in [5.41, 5.74) is -0.589. The molecule has 0 aromatic heterocycles. The molecule has 0 aliphatic heterocycles. The summed E-state index contributed by atoms with van der Waals surface area (Å²) in [4.78, 5) is 36.0. The number of hydrogen-bond donors (Lipinski definition) is 2. The number of benzene rings is 1. The minimum Gasteiger partial charge on any atom is -0.480 e. The van der Waals surface area contributed by atoms with E-state index in [0.29, 0.717) is 11.1 Å². The summed E-state index contributed by atoms with van der Waals surface area (Å²) in [5, 5.41) is 11.4. The lowest BCUT2D eigenvalue weighted by atomic mass is 10.0. The Morgan fingerprint density at radius 2 is 1.50 bits per heavy atom. The highest BCUT2D eigenvalue weighted by Gasteiger charge is 2.29. The number of carboxylic acids is 1. The topological polar surface area (TPSA) is 86.7 Å². The SMILES string of the molecule is CN(C)C(=O)c1ccc(C(=O)NC(C)(C)C(=O)O)cc1. The number of nitrogens with zero attached hydrogens (tertiary/aromatic N) is 1. The van der Waals surface area contributed by atoms with Crippen molar-refractivity contribution in [3.63, 3.8) is 0 Å². The number of rotatable bonds is 4. The fourth-order valence-corrected chi connectivity index (χ4v) is 1.43. The van der Waals surface area contributed by atoms with Gasteiger partial charge in [-0.25, -0.2) is 4.79 Å². The molecule has 0 unspecified atom stereocenters. The Morgan fingerprint density at radius 1 is 1.05 bits per heavy atom. The third-order valence-corrected chi connectivity index (χ3v) is 2.76. The summed E-state index contributed by atoms with van der Waals surface area (Å²) >= 11 is 0. The molecule has 20 heavy (non-hydrogen) atoms. The van der Waals surface area contributed by atoms with Crippen molar-refractivity contribution in [2.45, 2.75) is 19.4 Å². The number of nitrogens with one attached hydrogen (secondary N) is 1. The molecule has 0 aliphatic rings. The molecule has 2 amide bonds. The lowest BCUT2D eigenvalue weighted by molar-refractivity contribution is -0.143. The van der Waals surface area contributed by atoms with E-state index < -0.39 is 17.4 Å². The molecule has 0 atom stereocenters. The molecule has 1 aromatic carbocycles. The first-order chi connectivity index (χ1) is 9.15. The summed E-state index contributed by atoms with van der Waals surface area (Å²) in [5.74, 6) is -1.78. The molecule has 0 radical (unpaired) electrons. The summed E-state index contributed by atoms with van der Waals surface area (Å²) < 4.78 is 0. The van der Waals surface area contributed by atoms with Crippen molar-refractivity contribution < 1.29 is 19.5 Å². The predicted octanol–water partition coefficient (Wildman–Crippen LogP) is 0.981. The van der Waals surface area contributed by atoms with E-state index in [1.165, 1.54) is 43.0 Å². The largest absolute Gasteiger partial charge is 0.480 e. The Morgan fingerprint density at radius 3 is 1.90 bits per heavy atom. The second-order valence-electron chi connectivity index (χ2n) is 5.16. The van der Waals surface area contributed by atoms with Crippen LogP contribution in [0.2, 0.25) is 0 Å². The van der Waals surface area contributed by atoms with E-state index in [4.69, 9.17) is 5.11 Å². The van der Waals surface area contributed by atoms with Gasteiger partial charge in [0, 0.05) is 25.2 Å². The van der Waals surface area contributed by atoms with Crippen molar-refractivity contribution >= 4 is 17.8 Å². The van der Waals surface area contributed by atoms with Crippen molar-refractivity contribution in [3.05, 3.63) is 35.4 Å². The molecule has 0 heterocycles. The molecule has 0 spiro atoms. The highest BCUT2D eigenvalue weighted by molar-refractivity contribution is 5.99. The van der Waals surface area contributed by atoms with Crippen molar-refractivity contribution in [2.24, 2.45) is 0 Å². The zero-order chi connectivity index (χ0) is 15.5. The monoisotopic (exact) mass is 278 g/mol. The lowest BCUT2D eigenvalue weighted by Crippen LogP contribution is -2.49. The van der Waals surface area contributed by atoms with E-state index in [-0.39, 0.29) is 5.91 Å². The van der Waals surface area contributed by atoms with Gasteiger partial charge in [0.1, 0.15) is 5.54 Å². The molecule has 108 valence electrons. The zero-order valence-electron chi connectivity index (χ0n) is 11.9. The number of amides is 2. The van der Waals surface area contributed by atoms with E-state index in [1.54, 1.807) is 14.1 Å². The van der Waals surface area contributed by atoms with E-state index in [1.807, 2.05) is 0 Å². The quantitative estimate of drug-likeness (QED) is 0.859. The first-order valence-corrected chi connectivity index (χ1v) is 6.03. The summed E-state index contributed by atoms with van der Waals surface area (Å²) in [6.45, 7) is 2.80. The Labute approximate surface area is 117 Å². The van der Waals surface area contributed by atoms with Crippen LogP contribution >= 0.6 is 0 Å². The van der Waals surface area contributed by atoms with Crippen LogP contribution in [-0.2, 0) is 4.79 Å². The van der Waals surface area contributed by atoms with Crippen LogP contribution in [0.25, 0.3) is 0 Å². The van der Waals surface area contributed by atoms with E-state index >= 15 is 0 Å². The van der Waals surface area contributed by atoms with Crippen LogP contribution in [0, 0.1) is 0 Å². The molecule has 6 nitrogen and oxygen atoms in total. The molecular formula is C14H18N2O4. The first-order valence-electron chi connectivity index (χ1n) is 6.03. The zero-order valence-corrected chi connectivity index (χ0v) is 11.9. The average Bonchev–Trinajstić information content (AvgIpc) is 2.37. The molecule has 1 rings (SSSR count). The van der Waals surface area contributed by atoms with Crippen molar-refractivity contribution in [1.82, 2.24) is 10.2 Å². The van der Waals surface area contributed by atoms with Crippen LogP contribution in [0.3, 0.4) is 0 Å². The third-order valence-electron chi connectivity index (χ3n) is 2.76. The number of aliphatic carboxylic acids is 1. The maximum atomic E-state index is 11.9. The molecule has 0 bridgehead atoms. The standard InChI is InChI=1S/C14H18N2O4/c1-14(2,13(19)20)15-11(17)9-5-7-10(8-6-9)12(18)16(3)4/h5-8H,1-4H3,(H,15,17)(H,19,20). The van der Waals surface area contributed by atoms with Crippen LogP contribution in [0.15, 0.2) is 24.3 Å². The minimum absolute atomic E-state index is 0.164. The van der Waals surface area contributed by atoms with Gasteiger partial charge < -0.3 is 15.3 Å². The highest BCUT2D eigenvalue weighted by Crippen LogP contribution is 2.09. The highest BCUT2D eigenvalue weighted by atomic mass is 16.4. The number of carbonyl (C=O) groups excluding carboxylic acids is 2. The molecular weight excluding hydrogens is 260 g/mol. The van der Waals surface area contributed by atoms with Gasteiger partial charge in [0.15, 0.2) is 0 Å². The van der Waals surface area contributed by atoms with Crippen LogP contribution in [0.1, 0.15) is 34.6 Å². The van der Waals surface area contributed by atoms with E-state index in [0.717, 1.165) is 0 Å². The number of hydrogen-bond acceptors (Lipinski definition) is 3. The maximum absolute atomic E-state index is 11.9. The molecule has 0 saturated heterocycles. The predicted molar refractivity (Wildman–Crippen MR) is 73.6 cm³/mol. The van der Waals surface area contributed by atoms with Gasteiger partial charge in [-0.3, -0.25) is 9.59 Å². The molecule has 2 N–H and O–H groups in total. The van der Waals surface area contributed by atoms with Crippen LogP contribution in [0.4, 0.5) is 0 Å². The van der Waals surface area contributed by atoms with Gasteiger partial charge in [-0.05, 0) is 38.1 Å². The number of carbonyl (C=O) groups is 3. The van der Waals surface area contributed by atoms with Gasteiger partial charge >= 0.3 is 5.97 Å². The number of carboxylic acid groups (broad SMARTS) is 1. The molecule has 0 aliphatic carbocycles. The van der Waals surface area contributed by atoms with Crippen LogP contribution in [0.5, 0.6) is 0 Å². The first kappa shape index (κ1) is 15.7. The Kier molecular flexibility index (Phi) is 4.49. The fraction of sp³-hybridized carbons (Fsp3) is 0.357. The van der Waals surface area contributed by atoms with Crippen molar-refractivity contribution in [1.29, 1.82) is 0 Å². The molecule has 0 fully saturated rings. The molecule has 0 saturated carbocycles. The summed E-state index contributed by atoms with van der Waals surface area (Å²) in [6.07, 6.45) is 0. The van der Waals surface area contributed by atoms with E-state index in [2.05, 4.69) is 5.32 Å². The van der Waals surface area contributed by atoms with Crippen molar-refractivity contribution in [3.8, 4) is 0 Å².